The minimum atomic E-state index is -0.321. The first kappa shape index (κ1) is 11.3. The van der Waals surface area contributed by atoms with Crippen LogP contribution in [-0.4, -0.2) is 19.0 Å². The number of thiophene rings is 1. The highest BCUT2D eigenvalue weighted by atomic mass is 32.1. The number of carbonyl (C=O) groups excluding carboxylic acids is 1. The molecule has 0 saturated heterocycles. The number of rotatable bonds is 4. The van der Waals surface area contributed by atoms with Gasteiger partial charge in [0.2, 0.25) is 0 Å². The zero-order valence-electron chi connectivity index (χ0n) is 9.40. The maximum Gasteiger partial charge on any atom is 0.165 e. The molecule has 16 heavy (non-hydrogen) atoms. The summed E-state index contributed by atoms with van der Waals surface area (Å²) in [6.07, 6.45) is 0.137. The number of Topliss-reactive ketones (excluding diaryl/α,β-unsaturated/α-hetero) is 1. The van der Waals surface area contributed by atoms with E-state index in [1.54, 1.807) is 25.4 Å². The van der Waals surface area contributed by atoms with Gasteiger partial charge >= 0.3 is 0 Å². The lowest BCUT2D eigenvalue weighted by molar-refractivity contribution is -0.127. The van der Waals surface area contributed by atoms with Gasteiger partial charge in [-0.1, -0.05) is 18.2 Å². The van der Waals surface area contributed by atoms with Crippen LogP contribution in [0.2, 0.25) is 0 Å². The Balaban J connectivity index is 2.25. The van der Waals surface area contributed by atoms with Crippen molar-refractivity contribution in [2.45, 2.75) is 19.4 Å². The number of ketones is 1. The van der Waals surface area contributed by atoms with Gasteiger partial charge in [-0.05, 0) is 29.3 Å². The lowest BCUT2D eigenvalue weighted by atomic mass is 10.1. The Morgan fingerprint density at radius 2 is 2.19 bits per heavy atom. The Morgan fingerprint density at radius 1 is 1.44 bits per heavy atom. The minimum Gasteiger partial charge on any atom is -0.374 e. The average Bonchev–Trinajstić information content (AvgIpc) is 2.72. The Kier molecular flexibility index (Phi) is 3.36. The highest BCUT2D eigenvalue weighted by Crippen LogP contribution is 2.26. The van der Waals surface area contributed by atoms with E-state index in [9.17, 15) is 4.79 Å². The summed E-state index contributed by atoms with van der Waals surface area (Å²) < 4.78 is 6.26. The highest BCUT2D eigenvalue weighted by Gasteiger charge is 2.14. The maximum absolute atomic E-state index is 11.8. The van der Waals surface area contributed by atoms with Gasteiger partial charge in [0, 0.05) is 18.2 Å². The van der Waals surface area contributed by atoms with Crippen molar-refractivity contribution in [2.75, 3.05) is 7.11 Å². The van der Waals surface area contributed by atoms with E-state index >= 15 is 0 Å². The fourth-order valence-electron chi connectivity index (χ4n) is 1.63. The summed E-state index contributed by atoms with van der Waals surface area (Å²) >= 11 is 1.68. The molecule has 3 heteroatoms. The Hall–Kier alpha value is -1.19. The predicted octanol–water partition coefficient (Wildman–Crippen LogP) is 3.05. The molecule has 0 aliphatic heterocycles. The topological polar surface area (TPSA) is 26.3 Å². The molecule has 0 radical (unpaired) electrons. The largest absolute Gasteiger partial charge is 0.374 e. The molecule has 0 aliphatic carbocycles. The summed E-state index contributed by atoms with van der Waals surface area (Å²) in [5, 5.41) is 3.24. The van der Waals surface area contributed by atoms with E-state index in [1.807, 2.05) is 12.1 Å². The van der Waals surface area contributed by atoms with E-state index in [2.05, 4.69) is 17.5 Å². The number of carbonyl (C=O) groups is 1. The van der Waals surface area contributed by atoms with E-state index in [0.29, 0.717) is 6.42 Å². The molecule has 1 unspecified atom stereocenters. The third kappa shape index (κ3) is 2.15. The standard InChI is InChI=1S/C13H14O2S/c1-9(15-2)12(14)7-10-8-16-13-6-4-3-5-11(10)13/h3-6,8-9H,7H2,1-2H3. The molecule has 0 N–H and O–H groups in total. The summed E-state index contributed by atoms with van der Waals surface area (Å²) in [5.74, 6) is 0.131. The van der Waals surface area contributed by atoms with Crippen LogP contribution in [0.4, 0.5) is 0 Å². The van der Waals surface area contributed by atoms with Crippen molar-refractivity contribution < 1.29 is 9.53 Å². The van der Waals surface area contributed by atoms with Gasteiger partial charge in [-0.3, -0.25) is 4.79 Å². The number of hydrogen-bond donors (Lipinski definition) is 0. The van der Waals surface area contributed by atoms with Crippen LogP contribution in [0.25, 0.3) is 10.1 Å². The molecule has 1 heterocycles. The van der Waals surface area contributed by atoms with E-state index < -0.39 is 0 Å². The first-order chi connectivity index (χ1) is 7.72. The van der Waals surface area contributed by atoms with Crippen molar-refractivity contribution >= 4 is 27.2 Å². The van der Waals surface area contributed by atoms with Crippen molar-refractivity contribution in [1.29, 1.82) is 0 Å². The molecule has 0 saturated carbocycles. The second-order valence-corrected chi connectivity index (χ2v) is 4.69. The van der Waals surface area contributed by atoms with Crippen LogP contribution in [0.15, 0.2) is 29.6 Å². The van der Waals surface area contributed by atoms with Crippen LogP contribution >= 0.6 is 11.3 Å². The quantitative estimate of drug-likeness (QED) is 0.812. The lowest BCUT2D eigenvalue weighted by Gasteiger charge is -2.07. The third-order valence-corrected chi connectivity index (χ3v) is 3.75. The minimum absolute atomic E-state index is 0.131. The van der Waals surface area contributed by atoms with Crippen LogP contribution in [0.3, 0.4) is 0 Å². The van der Waals surface area contributed by atoms with Crippen molar-refractivity contribution in [2.24, 2.45) is 0 Å². The van der Waals surface area contributed by atoms with Crippen LogP contribution < -0.4 is 0 Å². The van der Waals surface area contributed by atoms with E-state index in [0.717, 1.165) is 5.56 Å². The van der Waals surface area contributed by atoms with Crippen molar-refractivity contribution in [3.63, 3.8) is 0 Å². The molecule has 84 valence electrons. The number of benzene rings is 1. The van der Waals surface area contributed by atoms with Crippen molar-refractivity contribution in [3.05, 3.63) is 35.2 Å². The SMILES string of the molecule is COC(C)C(=O)Cc1csc2ccccc12. The molecule has 2 nitrogen and oxygen atoms in total. The molecule has 1 aromatic heterocycles. The number of hydrogen-bond acceptors (Lipinski definition) is 3. The maximum atomic E-state index is 11.8. The summed E-state index contributed by atoms with van der Waals surface area (Å²) in [4.78, 5) is 11.8. The number of ether oxygens (including phenoxy) is 1. The van der Waals surface area contributed by atoms with Gasteiger partial charge in [0.15, 0.2) is 5.78 Å². The molecule has 1 atom stereocenters. The van der Waals surface area contributed by atoms with Gasteiger partial charge in [-0.15, -0.1) is 11.3 Å². The Labute approximate surface area is 98.9 Å². The molecule has 0 bridgehead atoms. The van der Waals surface area contributed by atoms with Crippen LogP contribution in [0, 0.1) is 0 Å². The van der Waals surface area contributed by atoms with Gasteiger partial charge in [-0.25, -0.2) is 0 Å². The van der Waals surface area contributed by atoms with Crippen molar-refractivity contribution in [3.8, 4) is 0 Å². The van der Waals surface area contributed by atoms with E-state index in [1.165, 1.54) is 10.1 Å². The van der Waals surface area contributed by atoms with Crippen molar-refractivity contribution in [1.82, 2.24) is 0 Å². The van der Waals surface area contributed by atoms with Gasteiger partial charge in [-0.2, -0.15) is 0 Å². The predicted molar refractivity (Wildman–Crippen MR) is 67.0 cm³/mol. The lowest BCUT2D eigenvalue weighted by Crippen LogP contribution is -2.20. The molecular weight excluding hydrogens is 220 g/mol. The molecule has 2 rings (SSSR count). The first-order valence-corrected chi connectivity index (χ1v) is 6.11. The van der Waals surface area contributed by atoms with Gasteiger partial charge < -0.3 is 4.74 Å². The average molecular weight is 234 g/mol. The number of fused-ring (bicyclic) bond motifs is 1. The highest BCUT2D eigenvalue weighted by molar-refractivity contribution is 7.17. The molecule has 1 aromatic carbocycles. The third-order valence-electron chi connectivity index (χ3n) is 2.73. The fraction of sp³-hybridized carbons (Fsp3) is 0.308. The Bertz CT molecular complexity index is 501. The molecule has 0 aliphatic rings. The molecule has 2 aromatic rings. The number of methoxy groups -OCH3 is 1. The van der Waals surface area contributed by atoms with Crippen LogP contribution in [0.5, 0.6) is 0 Å². The molecule has 0 spiro atoms. The van der Waals surface area contributed by atoms with E-state index in [4.69, 9.17) is 4.74 Å². The summed E-state index contributed by atoms with van der Waals surface area (Å²) in [5.41, 5.74) is 1.11. The van der Waals surface area contributed by atoms with Gasteiger partial charge in [0.05, 0.1) is 0 Å². The van der Waals surface area contributed by atoms with Crippen LogP contribution in [0.1, 0.15) is 12.5 Å². The molecule has 0 amide bonds. The van der Waals surface area contributed by atoms with E-state index in [-0.39, 0.29) is 11.9 Å². The first-order valence-electron chi connectivity index (χ1n) is 5.23. The fourth-order valence-corrected chi connectivity index (χ4v) is 2.60. The smallest absolute Gasteiger partial charge is 0.165 e. The molecule has 0 fully saturated rings. The summed E-state index contributed by atoms with van der Waals surface area (Å²) in [7, 11) is 1.56. The Morgan fingerprint density at radius 3 is 2.94 bits per heavy atom. The molecular formula is C13H14O2S. The summed E-state index contributed by atoms with van der Waals surface area (Å²) in [6, 6.07) is 8.16. The van der Waals surface area contributed by atoms with Gasteiger partial charge in [0.25, 0.3) is 0 Å². The zero-order valence-corrected chi connectivity index (χ0v) is 10.2. The monoisotopic (exact) mass is 234 g/mol. The van der Waals surface area contributed by atoms with Crippen LogP contribution in [-0.2, 0) is 16.0 Å². The second-order valence-electron chi connectivity index (χ2n) is 3.78. The second kappa shape index (κ2) is 4.76. The zero-order chi connectivity index (χ0) is 11.5. The summed E-state index contributed by atoms with van der Waals surface area (Å²) in [6.45, 7) is 1.79. The normalized spacial score (nSPS) is 12.9. The van der Waals surface area contributed by atoms with Gasteiger partial charge in [0.1, 0.15) is 6.10 Å².